The van der Waals surface area contributed by atoms with Crippen LogP contribution in [0, 0.1) is 17.7 Å². The topological polar surface area (TPSA) is 193 Å². The van der Waals surface area contributed by atoms with E-state index in [4.69, 9.17) is 0 Å². The van der Waals surface area contributed by atoms with E-state index in [0.29, 0.717) is 6.54 Å². The Hall–Kier alpha value is -11.5. The average molecular weight is 1370 g/mol. The van der Waals surface area contributed by atoms with E-state index in [1.54, 1.807) is 18.7 Å². The second-order valence-electron chi connectivity index (χ2n) is 27.3. The Kier molecular flexibility index (Phi) is 20.5. The molecule has 0 spiro atoms. The maximum atomic E-state index is 13.6. The minimum absolute atomic E-state index is 0. The summed E-state index contributed by atoms with van der Waals surface area (Å²) in [5, 5.41) is 10.5. The van der Waals surface area contributed by atoms with E-state index in [2.05, 4.69) is 165 Å². The Balaban J connectivity index is 0.000000130. The third kappa shape index (κ3) is 15.4. The van der Waals surface area contributed by atoms with E-state index in [1.807, 2.05) is 108 Å². The molecular weight excluding hydrogens is 1280 g/mol. The summed E-state index contributed by atoms with van der Waals surface area (Å²) in [6, 6.07) is 57.0. The number of benzene rings is 7. The number of anilines is 5. The first-order valence-corrected chi connectivity index (χ1v) is 35.4. The SMILES string of the molecule is C.CC1=CCc2ncnc(N3CCC(C(=O)Nc4cccc(-c5cccc(F)c5)c4)CC3)c21.CC1=CCc2ncnc(N3CCC(C(=O)Nc4cccc(C5=Cc6ccccc6C5)c4)CC3)c21.C[C@H]1CN(Cc2cccc3cccnc23)CCN1C(=O)Nc1ccc(-c2nc3ccccc3[nH]2)cc1. The maximum absolute atomic E-state index is 13.6. The van der Waals surface area contributed by atoms with Gasteiger partial charge in [0.1, 0.15) is 35.9 Å². The van der Waals surface area contributed by atoms with Crippen molar-refractivity contribution in [2.45, 2.75) is 85.7 Å². The van der Waals surface area contributed by atoms with Gasteiger partial charge in [-0.05, 0) is 182 Å². The molecule has 520 valence electrons. The predicted octanol–water partition coefficient (Wildman–Crippen LogP) is 16.6. The third-order valence-electron chi connectivity index (χ3n) is 20.6. The van der Waals surface area contributed by atoms with E-state index >= 15 is 0 Å². The second-order valence-corrected chi connectivity index (χ2v) is 27.3. The number of carbonyl (C=O) groups is 3. The highest BCUT2D eigenvalue weighted by Crippen LogP contribution is 2.38. The minimum atomic E-state index is -0.274. The van der Waals surface area contributed by atoms with Crippen molar-refractivity contribution in [2.24, 2.45) is 11.8 Å². The highest BCUT2D eigenvalue weighted by atomic mass is 19.1. The van der Waals surface area contributed by atoms with Gasteiger partial charge in [-0.15, -0.1) is 0 Å². The highest BCUT2D eigenvalue weighted by Gasteiger charge is 2.32. The summed E-state index contributed by atoms with van der Waals surface area (Å²) >= 11 is 0. The molecule has 6 aliphatic rings. The molecule has 11 aromatic rings. The summed E-state index contributed by atoms with van der Waals surface area (Å²) in [7, 11) is 0. The number of fused-ring (bicyclic) bond motifs is 5. The second kappa shape index (κ2) is 30.8. The summed E-state index contributed by atoms with van der Waals surface area (Å²) in [6.07, 6.45) is 17.7. The molecule has 0 saturated carbocycles. The van der Waals surface area contributed by atoms with E-state index in [-0.39, 0.29) is 49.0 Å². The lowest BCUT2D eigenvalue weighted by Crippen LogP contribution is -2.54. The van der Waals surface area contributed by atoms with Crippen molar-refractivity contribution in [3.8, 4) is 22.5 Å². The van der Waals surface area contributed by atoms with Crippen LogP contribution >= 0.6 is 0 Å². The van der Waals surface area contributed by atoms with Gasteiger partial charge in [0.05, 0.1) is 27.9 Å². The zero-order valence-corrected chi connectivity index (χ0v) is 57.6. The molecule has 3 aliphatic carbocycles. The zero-order chi connectivity index (χ0) is 69.6. The molecule has 3 fully saturated rings. The summed E-state index contributed by atoms with van der Waals surface area (Å²) in [5.74, 6) is 2.67. The number of imidazole rings is 1. The van der Waals surface area contributed by atoms with Gasteiger partial charge in [0.2, 0.25) is 11.8 Å². The summed E-state index contributed by atoms with van der Waals surface area (Å²) in [6.45, 7) is 12.8. The van der Waals surface area contributed by atoms with Gasteiger partial charge < -0.3 is 35.6 Å². The normalized spacial score (nSPS) is 16.4. The van der Waals surface area contributed by atoms with Gasteiger partial charge in [0.15, 0.2) is 0 Å². The number of nitrogens with one attached hydrogen (secondary N) is 4. The number of nitrogens with zero attached hydrogens (tertiary/aromatic N) is 10. The number of allylic oxidation sites excluding steroid dienone is 5. The number of H-pyrrole nitrogens is 1. The molecular formula is C85H85FN14O3. The number of aromatic nitrogens is 7. The lowest BCUT2D eigenvalue weighted by molar-refractivity contribution is -0.121. The molecule has 17 nitrogen and oxygen atoms in total. The van der Waals surface area contributed by atoms with Crippen LogP contribution in [0.3, 0.4) is 0 Å². The fourth-order valence-electron chi connectivity index (χ4n) is 15.0. The van der Waals surface area contributed by atoms with Crippen LogP contribution in [-0.4, -0.2) is 114 Å². The molecule has 0 unspecified atom stereocenters. The smallest absolute Gasteiger partial charge is 0.322 e. The number of hydrogen-bond acceptors (Lipinski definition) is 12. The minimum Gasteiger partial charge on any atom is -0.356 e. The predicted molar refractivity (Wildman–Crippen MR) is 413 cm³/mol. The molecule has 4 amide bonds. The highest BCUT2D eigenvalue weighted by molar-refractivity contribution is 5.96. The molecule has 103 heavy (non-hydrogen) atoms. The number of rotatable bonds is 12. The molecule has 18 heteroatoms. The number of para-hydroxylation sites is 3. The fraction of sp³-hybridized carbons (Fsp3) is 0.259. The van der Waals surface area contributed by atoms with E-state index < -0.39 is 0 Å². The van der Waals surface area contributed by atoms with Gasteiger partial charge in [-0.25, -0.2) is 34.1 Å². The van der Waals surface area contributed by atoms with Crippen LogP contribution in [0.5, 0.6) is 0 Å². The third-order valence-corrected chi connectivity index (χ3v) is 20.6. The number of pyridine rings is 1. The van der Waals surface area contributed by atoms with Gasteiger partial charge in [-0.3, -0.25) is 19.5 Å². The van der Waals surface area contributed by atoms with Crippen LogP contribution in [0.1, 0.15) is 98.6 Å². The fourth-order valence-corrected chi connectivity index (χ4v) is 15.0. The van der Waals surface area contributed by atoms with Crippen molar-refractivity contribution in [3.05, 3.63) is 258 Å². The van der Waals surface area contributed by atoms with Gasteiger partial charge >= 0.3 is 6.03 Å². The summed E-state index contributed by atoms with van der Waals surface area (Å²) in [5.41, 5.74) is 21.4. The molecule has 7 aromatic carbocycles. The Morgan fingerprint density at radius 2 is 1.16 bits per heavy atom. The molecule has 1 atom stereocenters. The van der Waals surface area contributed by atoms with Crippen molar-refractivity contribution >= 4 is 91.3 Å². The number of aromatic amines is 1. The van der Waals surface area contributed by atoms with Gasteiger partial charge in [-0.1, -0.05) is 123 Å². The van der Waals surface area contributed by atoms with Crippen molar-refractivity contribution in [2.75, 3.05) is 71.6 Å². The first-order valence-electron chi connectivity index (χ1n) is 35.4. The molecule has 4 aromatic heterocycles. The number of amides is 4. The van der Waals surface area contributed by atoms with Crippen LogP contribution in [0.15, 0.2) is 207 Å². The first-order chi connectivity index (χ1) is 49.9. The Morgan fingerprint density at radius 1 is 0.563 bits per heavy atom. The van der Waals surface area contributed by atoms with Crippen LogP contribution < -0.4 is 25.8 Å². The van der Waals surface area contributed by atoms with Crippen molar-refractivity contribution in [1.82, 2.24) is 44.7 Å². The molecule has 7 heterocycles. The van der Waals surface area contributed by atoms with Crippen LogP contribution in [-0.2, 0) is 35.4 Å². The molecule has 0 bridgehead atoms. The van der Waals surface area contributed by atoms with Gasteiger partial charge in [0, 0.05) is 128 Å². The number of piperidine rings is 2. The molecule has 3 saturated heterocycles. The van der Waals surface area contributed by atoms with Gasteiger partial charge in [-0.2, -0.15) is 0 Å². The number of hydrogen-bond donors (Lipinski definition) is 4. The Bertz CT molecular complexity index is 5010. The zero-order valence-electron chi connectivity index (χ0n) is 57.6. The molecule has 0 radical (unpaired) electrons. The first kappa shape index (κ1) is 68.6. The van der Waals surface area contributed by atoms with E-state index in [1.165, 1.54) is 56.7 Å². The Morgan fingerprint density at radius 3 is 1.80 bits per heavy atom. The molecule has 4 N–H and O–H groups in total. The standard InChI is InChI=1S/C29H28N6O.C29H28N4O.C26H25FN4O.CH4/c1-20-18-34(19-23-7-4-6-21-8-5-15-30-27(21)23)16-17-35(20)29(36)31-24-13-11-22(12-14-24)28-32-25-9-2-3-10-26(25)33-28;1-19-9-10-26-27(19)28(31-18-30-26)33-13-11-20(12-14-33)29(34)32-25-8-4-7-23(17-25)24-15-21-5-2-3-6-22(21)16-24;1-17-8-9-23-24(17)25(29-16-28-23)31-12-10-18(11-13-31)26(32)30-22-7-3-5-20(15-22)19-4-2-6-21(27)14-19;/h2-15,20H,16-19H2,1H3,(H,31,36)(H,32,33);2-9,15,17-18,20H,10-14,16H2,1H3,(H,32,34);2-8,14-16,18H,9-13H2,1H3,(H,30,32);1H4/t20-;;;/m0.../s1. The van der Waals surface area contributed by atoms with E-state index in [0.717, 1.165) is 181 Å². The largest absolute Gasteiger partial charge is 0.356 e. The number of urea groups is 1. The lowest BCUT2D eigenvalue weighted by Gasteiger charge is -2.39. The number of piperazine rings is 1. The average Bonchev–Trinajstić information content (AvgIpc) is 1.74. The van der Waals surface area contributed by atoms with Crippen LogP contribution in [0.4, 0.5) is 37.9 Å². The molecule has 17 rings (SSSR count). The van der Waals surface area contributed by atoms with Crippen molar-refractivity contribution in [3.63, 3.8) is 0 Å². The summed E-state index contributed by atoms with van der Waals surface area (Å²) < 4.78 is 13.6. The number of carbonyl (C=O) groups excluding carboxylic acids is 3. The monoisotopic (exact) mass is 1370 g/mol. The van der Waals surface area contributed by atoms with Crippen molar-refractivity contribution < 1.29 is 18.8 Å². The quantitative estimate of drug-likeness (QED) is 0.0906. The van der Waals surface area contributed by atoms with Crippen molar-refractivity contribution in [1.29, 1.82) is 0 Å². The molecule has 3 aliphatic heterocycles. The number of halogens is 1. The van der Waals surface area contributed by atoms with Crippen LogP contribution in [0.2, 0.25) is 0 Å². The van der Waals surface area contributed by atoms with Crippen LogP contribution in [0.25, 0.3) is 67.2 Å². The summed E-state index contributed by atoms with van der Waals surface area (Å²) in [4.78, 5) is 78.6. The van der Waals surface area contributed by atoms with E-state index in [9.17, 15) is 18.8 Å². The Labute approximate surface area is 600 Å². The maximum Gasteiger partial charge on any atom is 0.322 e. The lowest BCUT2D eigenvalue weighted by atomic mass is 9.95. The van der Waals surface area contributed by atoms with Gasteiger partial charge in [0.25, 0.3) is 0 Å².